The van der Waals surface area contributed by atoms with Gasteiger partial charge in [-0.15, -0.1) is 0 Å². The molecule has 0 spiro atoms. The fraction of sp³-hybridized carbons (Fsp3) is 0.458. The lowest BCUT2D eigenvalue weighted by Crippen LogP contribution is -2.60. The van der Waals surface area contributed by atoms with Gasteiger partial charge in [-0.3, -0.25) is 9.59 Å². The van der Waals surface area contributed by atoms with Crippen LogP contribution in [0.2, 0.25) is 4.34 Å². The second kappa shape index (κ2) is 9.20. The summed E-state index contributed by atoms with van der Waals surface area (Å²) in [5.74, 6) is 0.143. The van der Waals surface area contributed by atoms with E-state index in [2.05, 4.69) is 10.6 Å². The molecule has 3 aliphatic rings. The number of nitrogens with one attached hydrogen (secondary N) is 2. The SMILES string of the molecule is Cc1cc(NC(=O)C2(NC(=O)Oc3ccc(Cl)s3)CC3CCC2C3)ccc1N1CCOCC1=O. The van der Waals surface area contributed by atoms with Crippen LogP contribution in [0.5, 0.6) is 5.06 Å². The summed E-state index contributed by atoms with van der Waals surface area (Å²) in [5, 5.41) is 6.30. The van der Waals surface area contributed by atoms with Gasteiger partial charge in [0.2, 0.25) is 0 Å². The molecule has 2 N–H and O–H groups in total. The van der Waals surface area contributed by atoms with Gasteiger partial charge in [-0.2, -0.15) is 0 Å². The lowest BCUT2D eigenvalue weighted by molar-refractivity contribution is -0.126. The van der Waals surface area contributed by atoms with Gasteiger partial charge in [-0.1, -0.05) is 22.9 Å². The maximum atomic E-state index is 13.6. The van der Waals surface area contributed by atoms with E-state index in [1.165, 1.54) is 0 Å². The predicted octanol–water partition coefficient (Wildman–Crippen LogP) is 4.36. The Kier molecular flexibility index (Phi) is 6.26. The first-order valence-corrected chi connectivity index (χ1v) is 12.6. The number of hydrogen-bond donors (Lipinski definition) is 2. The fourth-order valence-corrected chi connectivity index (χ4v) is 6.39. The van der Waals surface area contributed by atoms with E-state index in [1.807, 2.05) is 19.1 Å². The molecule has 3 unspecified atom stereocenters. The number of thiophene rings is 1. The molecule has 8 nitrogen and oxygen atoms in total. The van der Waals surface area contributed by atoms with Crippen molar-refractivity contribution in [2.75, 3.05) is 30.0 Å². The quantitative estimate of drug-likeness (QED) is 0.632. The highest BCUT2D eigenvalue weighted by molar-refractivity contribution is 7.17. The van der Waals surface area contributed by atoms with E-state index in [-0.39, 0.29) is 24.3 Å². The van der Waals surface area contributed by atoms with E-state index in [9.17, 15) is 14.4 Å². The van der Waals surface area contributed by atoms with Crippen LogP contribution in [-0.4, -0.2) is 43.2 Å². The fourth-order valence-electron chi connectivity index (χ4n) is 5.52. The number of amides is 3. The summed E-state index contributed by atoms with van der Waals surface area (Å²) in [6, 6.07) is 8.76. The first-order valence-electron chi connectivity index (χ1n) is 11.4. The first kappa shape index (κ1) is 23.1. The number of hydrogen-bond acceptors (Lipinski definition) is 6. The van der Waals surface area contributed by atoms with E-state index in [4.69, 9.17) is 21.1 Å². The number of ether oxygens (including phenoxy) is 2. The third-order valence-corrected chi connectivity index (χ3v) is 8.16. The second-order valence-electron chi connectivity index (χ2n) is 9.18. The van der Waals surface area contributed by atoms with Crippen molar-refractivity contribution in [2.45, 2.75) is 38.1 Å². The van der Waals surface area contributed by atoms with Crippen LogP contribution >= 0.6 is 22.9 Å². The predicted molar refractivity (Wildman–Crippen MR) is 130 cm³/mol. The maximum Gasteiger partial charge on any atom is 0.414 e. The standard InChI is InChI=1S/C24H26ClN3O5S/c1-14-10-17(4-5-18(14)28-8-9-32-13-20(28)29)26-22(30)24(12-15-2-3-16(24)11-15)27-23(31)33-21-7-6-19(25)34-21/h4-7,10,15-16H,2-3,8-9,11-13H2,1H3,(H,26,30)(H,27,31). The number of carbonyl (C=O) groups is 3. The zero-order valence-corrected chi connectivity index (χ0v) is 20.3. The van der Waals surface area contributed by atoms with E-state index in [0.29, 0.717) is 40.6 Å². The lowest BCUT2D eigenvalue weighted by Gasteiger charge is -2.36. The van der Waals surface area contributed by atoms with Gasteiger partial charge in [-0.25, -0.2) is 4.79 Å². The molecule has 10 heteroatoms. The third kappa shape index (κ3) is 4.39. The van der Waals surface area contributed by atoms with Crippen molar-refractivity contribution in [2.24, 2.45) is 11.8 Å². The summed E-state index contributed by atoms with van der Waals surface area (Å²) >= 11 is 7.09. The van der Waals surface area contributed by atoms with E-state index < -0.39 is 11.6 Å². The smallest absolute Gasteiger partial charge is 0.399 e. The van der Waals surface area contributed by atoms with Gasteiger partial charge in [0, 0.05) is 17.9 Å². The van der Waals surface area contributed by atoms with Crippen molar-refractivity contribution >= 4 is 52.2 Å². The minimum Gasteiger partial charge on any atom is -0.399 e. The van der Waals surface area contributed by atoms with Crippen LogP contribution in [0.3, 0.4) is 0 Å². The molecular formula is C24H26ClN3O5S. The number of nitrogens with zero attached hydrogens (tertiary/aromatic N) is 1. The van der Waals surface area contributed by atoms with Crippen LogP contribution in [-0.2, 0) is 14.3 Å². The van der Waals surface area contributed by atoms with Gasteiger partial charge in [0.15, 0.2) is 5.06 Å². The maximum absolute atomic E-state index is 13.6. The van der Waals surface area contributed by atoms with Gasteiger partial charge in [0.05, 0.1) is 10.9 Å². The Bertz CT molecular complexity index is 1140. The number of halogens is 1. The summed E-state index contributed by atoms with van der Waals surface area (Å²) in [6.07, 6.45) is 2.80. The zero-order valence-electron chi connectivity index (χ0n) is 18.8. The molecule has 3 fully saturated rings. The van der Waals surface area contributed by atoms with Gasteiger partial charge in [0.1, 0.15) is 12.1 Å². The summed E-state index contributed by atoms with van der Waals surface area (Å²) in [4.78, 5) is 40.2. The average molecular weight is 504 g/mol. The van der Waals surface area contributed by atoms with E-state index >= 15 is 0 Å². The van der Waals surface area contributed by atoms with Crippen molar-refractivity contribution < 1.29 is 23.9 Å². The van der Waals surface area contributed by atoms with Crippen LogP contribution in [0.4, 0.5) is 16.2 Å². The molecule has 3 atom stereocenters. The molecule has 5 rings (SSSR count). The molecule has 2 saturated carbocycles. The van der Waals surface area contributed by atoms with Gasteiger partial charge in [0.25, 0.3) is 11.8 Å². The highest BCUT2D eigenvalue weighted by atomic mass is 35.5. The monoisotopic (exact) mass is 503 g/mol. The topological polar surface area (TPSA) is 97.0 Å². The summed E-state index contributed by atoms with van der Waals surface area (Å²) < 4.78 is 11.1. The van der Waals surface area contributed by atoms with Crippen molar-refractivity contribution in [3.8, 4) is 5.06 Å². The molecule has 2 bridgehead atoms. The number of rotatable bonds is 5. The van der Waals surface area contributed by atoms with E-state index in [1.54, 1.807) is 23.1 Å². The van der Waals surface area contributed by atoms with Crippen LogP contribution < -0.4 is 20.3 Å². The van der Waals surface area contributed by atoms with E-state index in [0.717, 1.165) is 41.9 Å². The number of aryl methyl sites for hydroxylation is 1. The van der Waals surface area contributed by atoms with Gasteiger partial charge < -0.3 is 25.0 Å². The summed E-state index contributed by atoms with van der Waals surface area (Å²) in [6.45, 7) is 2.97. The van der Waals surface area contributed by atoms with Gasteiger partial charge >= 0.3 is 6.09 Å². The van der Waals surface area contributed by atoms with Crippen molar-refractivity contribution in [1.82, 2.24) is 5.32 Å². The molecule has 2 aromatic rings. The van der Waals surface area contributed by atoms with Crippen LogP contribution in [0.25, 0.3) is 0 Å². The summed E-state index contributed by atoms with van der Waals surface area (Å²) in [5.41, 5.74) is 1.27. The molecule has 1 aromatic carbocycles. The molecular weight excluding hydrogens is 478 g/mol. The number of morpholine rings is 1. The number of benzene rings is 1. The Hall–Kier alpha value is -2.62. The Labute approximate surface area is 206 Å². The highest BCUT2D eigenvalue weighted by Crippen LogP contribution is 2.51. The highest BCUT2D eigenvalue weighted by Gasteiger charge is 2.56. The number of anilines is 2. The molecule has 1 saturated heterocycles. The average Bonchev–Trinajstić information content (AvgIpc) is 3.51. The van der Waals surface area contributed by atoms with Crippen molar-refractivity contribution in [1.29, 1.82) is 0 Å². The molecule has 180 valence electrons. The second-order valence-corrected chi connectivity index (χ2v) is 10.9. The Morgan fingerprint density at radius 1 is 1.26 bits per heavy atom. The minimum absolute atomic E-state index is 0.0586. The lowest BCUT2D eigenvalue weighted by atomic mass is 9.80. The minimum atomic E-state index is -1.02. The van der Waals surface area contributed by atoms with Crippen LogP contribution in [0, 0.1) is 18.8 Å². The molecule has 34 heavy (non-hydrogen) atoms. The largest absolute Gasteiger partial charge is 0.414 e. The summed E-state index contributed by atoms with van der Waals surface area (Å²) in [7, 11) is 0. The molecule has 1 aromatic heterocycles. The van der Waals surface area contributed by atoms with Crippen LogP contribution in [0.1, 0.15) is 31.2 Å². The number of carbonyl (C=O) groups excluding carboxylic acids is 3. The van der Waals surface area contributed by atoms with Gasteiger partial charge in [-0.05, 0) is 80.3 Å². The Balaban J connectivity index is 1.33. The zero-order chi connectivity index (χ0) is 23.9. The Morgan fingerprint density at radius 2 is 2.12 bits per heavy atom. The molecule has 2 aliphatic carbocycles. The van der Waals surface area contributed by atoms with Crippen molar-refractivity contribution in [3.63, 3.8) is 0 Å². The normalized spacial score (nSPS) is 25.9. The molecule has 0 radical (unpaired) electrons. The number of fused-ring (bicyclic) bond motifs is 2. The molecule has 3 amide bonds. The first-order chi connectivity index (χ1) is 16.3. The van der Waals surface area contributed by atoms with Crippen molar-refractivity contribution in [3.05, 3.63) is 40.2 Å². The molecule has 2 heterocycles. The Morgan fingerprint density at radius 3 is 2.76 bits per heavy atom. The molecule has 1 aliphatic heterocycles. The third-order valence-electron chi connectivity index (χ3n) is 7.05. The van der Waals surface area contributed by atoms with Crippen LogP contribution in [0.15, 0.2) is 30.3 Å².